The molecule has 1 fully saturated rings. The van der Waals surface area contributed by atoms with Crippen molar-refractivity contribution in [3.8, 4) is 0 Å². The van der Waals surface area contributed by atoms with Gasteiger partial charge in [-0.25, -0.2) is 4.98 Å². The number of carboxylic acid groups (broad SMARTS) is 1. The number of carbonyl (C=O) groups is 2. The first kappa shape index (κ1) is 15.0. The number of nitrogens with one attached hydrogen (secondary N) is 1. The lowest BCUT2D eigenvalue weighted by Crippen LogP contribution is -2.28. The standard InChI is InChI=1S/C14H20N2O3S/c1-14(2,3)10-7-20-11(16-10)4-5-15-12(17)8-6-9(8)13(18)19/h7-9H,4-6H2,1-3H3,(H,15,17)(H,18,19)/t8-,9-/m0/s1. The molecule has 0 radical (unpaired) electrons. The van der Waals surface area contributed by atoms with Crippen molar-refractivity contribution in [2.45, 2.75) is 39.0 Å². The van der Waals surface area contributed by atoms with E-state index in [0.717, 1.165) is 10.7 Å². The van der Waals surface area contributed by atoms with Crippen molar-refractivity contribution in [3.05, 3.63) is 16.1 Å². The van der Waals surface area contributed by atoms with E-state index in [9.17, 15) is 9.59 Å². The first-order valence-corrected chi connectivity index (χ1v) is 7.62. The normalized spacial score (nSPS) is 21.6. The minimum atomic E-state index is -0.875. The van der Waals surface area contributed by atoms with Gasteiger partial charge in [0.1, 0.15) is 0 Å². The first-order valence-electron chi connectivity index (χ1n) is 6.74. The summed E-state index contributed by atoms with van der Waals surface area (Å²) in [7, 11) is 0. The second kappa shape index (κ2) is 5.52. The highest BCUT2D eigenvalue weighted by Crippen LogP contribution is 2.38. The molecule has 0 aliphatic heterocycles. The van der Waals surface area contributed by atoms with Gasteiger partial charge in [-0.3, -0.25) is 9.59 Å². The lowest BCUT2D eigenvalue weighted by Gasteiger charge is -2.14. The number of carbonyl (C=O) groups excluding carboxylic acids is 1. The van der Waals surface area contributed by atoms with E-state index in [-0.39, 0.29) is 17.2 Å². The van der Waals surface area contributed by atoms with Gasteiger partial charge in [-0.05, 0) is 6.42 Å². The highest BCUT2D eigenvalue weighted by atomic mass is 32.1. The summed E-state index contributed by atoms with van der Waals surface area (Å²) < 4.78 is 0. The molecule has 0 spiro atoms. The molecule has 1 aromatic heterocycles. The highest BCUT2D eigenvalue weighted by Gasteiger charge is 2.48. The van der Waals surface area contributed by atoms with Crippen LogP contribution >= 0.6 is 11.3 Å². The third-order valence-electron chi connectivity index (χ3n) is 3.40. The summed E-state index contributed by atoms with van der Waals surface area (Å²) in [6.45, 7) is 6.87. The van der Waals surface area contributed by atoms with E-state index in [4.69, 9.17) is 5.11 Å². The molecule has 0 saturated heterocycles. The van der Waals surface area contributed by atoms with Crippen LogP contribution in [-0.4, -0.2) is 28.5 Å². The van der Waals surface area contributed by atoms with Crippen LogP contribution in [0.25, 0.3) is 0 Å². The van der Waals surface area contributed by atoms with Gasteiger partial charge in [0.2, 0.25) is 5.91 Å². The molecule has 0 aromatic carbocycles. The Balaban J connectivity index is 1.75. The topological polar surface area (TPSA) is 79.3 Å². The molecule has 1 aliphatic rings. The fraction of sp³-hybridized carbons (Fsp3) is 0.643. The SMILES string of the molecule is CC(C)(C)c1csc(CCNC(=O)[C@H]2C[C@@H]2C(=O)O)n1. The Kier molecular flexibility index (Phi) is 4.13. The van der Waals surface area contributed by atoms with Gasteiger partial charge in [-0.15, -0.1) is 11.3 Å². The number of aromatic nitrogens is 1. The third-order valence-corrected chi connectivity index (χ3v) is 4.31. The van der Waals surface area contributed by atoms with Gasteiger partial charge in [-0.1, -0.05) is 20.8 Å². The van der Waals surface area contributed by atoms with E-state index in [1.807, 2.05) is 0 Å². The number of aliphatic carboxylic acids is 1. The lowest BCUT2D eigenvalue weighted by atomic mass is 9.93. The molecule has 1 aromatic rings. The molecule has 1 aliphatic carbocycles. The fourth-order valence-electron chi connectivity index (χ4n) is 1.95. The Hall–Kier alpha value is -1.43. The van der Waals surface area contributed by atoms with Crippen LogP contribution in [0.4, 0.5) is 0 Å². The van der Waals surface area contributed by atoms with Crippen molar-refractivity contribution < 1.29 is 14.7 Å². The van der Waals surface area contributed by atoms with Gasteiger partial charge in [-0.2, -0.15) is 0 Å². The van der Waals surface area contributed by atoms with Crippen molar-refractivity contribution in [3.63, 3.8) is 0 Å². The molecule has 1 amide bonds. The molecule has 1 saturated carbocycles. The largest absolute Gasteiger partial charge is 0.481 e. The van der Waals surface area contributed by atoms with Gasteiger partial charge < -0.3 is 10.4 Å². The van der Waals surface area contributed by atoms with Crippen LogP contribution < -0.4 is 5.32 Å². The molecule has 6 heteroatoms. The number of nitrogens with zero attached hydrogens (tertiary/aromatic N) is 1. The third kappa shape index (κ3) is 3.56. The number of rotatable bonds is 5. The number of carboxylic acids is 1. The van der Waals surface area contributed by atoms with Crippen molar-refractivity contribution in [2.75, 3.05) is 6.54 Å². The highest BCUT2D eigenvalue weighted by molar-refractivity contribution is 7.09. The molecular weight excluding hydrogens is 276 g/mol. The Morgan fingerprint density at radius 1 is 1.45 bits per heavy atom. The summed E-state index contributed by atoms with van der Waals surface area (Å²) in [4.78, 5) is 26.9. The summed E-state index contributed by atoms with van der Waals surface area (Å²) in [5, 5.41) is 14.6. The van der Waals surface area contributed by atoms with Crippen LogP contribution in [0, 0.1) is 11.8 Å². The monoisotopic (exact) mass is 296 g/mol. The molecule has 2 rings (SSSR count). The van der Waals surface area contributed by atoms with Crippen molar-refractivity contribution in [1.82, 2.24) is 10.3 Å². The average Bonchev–Trinajstić information content (AvgIpc) is 3.00. The first-order chi connectivity index (χ1) is 9.29. The summed E-state index contributed by atoms with van der Waals surface area (Å²) in [6, 6.07) is 0. The Bertz CT molecular complexity index is 519. The molecule has 110 valence electrons. The lowest BCUT2D eigenvalue weighted by molar-refractivity contribution is -0.140. The molecule has 0 bridgehead atoms. The van der Waals surface area contributed by atoms with Crippen LogP contribution in [0.2, 0.25) is 0 Å². The molecule has 0 unspecified atom stereocenters. The van der Waals surface area contributed by atoms with E-state index in [0.29, 0.717) is 19.4 Å². The minimum absolute atomic E-state index is 0.0424. The Labute approximate surface area is 122 Å². The van der Waals surface area contributed by atoms with E-state index < -0.39 is 11.9 Å². The Morgan fingerprint density at radius 3 is 2.65 bits per heavy atom. The summed E-state index contributed by atoms with van der Waals surface area (Å²) in [6.07, 6.45) is 1.16. The predicted molar refractivity (Wildman–Crippen MR) is 76.8 cm³/mol. The maximum Gasteiger partial charge on any atom is 0.307 e. The van der Waals surface area contributed by atoms with Gasteiger partial charge in [0.15, 0.2) is 0 Å². The zero-order valence-corrected chi connectivity index (χ0v) is 12.8. The van der Waals surface area contributed by atoms with Crippen LogP contribution in [0.3, 0.4) is 0 Å². The molecule has 2 atom stereocenters. The second-order valence-electron chi connectivity index (χ2n) is 6.20. The number of amides is 1. The van der Waals surface area contributed by atoms with E-state index in [2.05, 4.69) is 36.5 Å². The van der Waals surface area contributed by atoms with Crippen LogP contribution in [0.5, 0.6) is 0 Å². The fourth-order valence-corrected chi connectivity index (χ4v) is 2.98. The Morgan fingerprint density at radius 2 is 2.15 bits per heavy atom. The number of thiazole rings is 1. The van der Waals surface area contributed by atoms with Crippen molar-refractivity contribution >= 4 is 23.2 Å². The van der Waals surface area contributed by atoms with Crippen LogP contribution in [-0.2, 0) is 21.4 Å². The molecule has 20 heavy (non-hydrogen) atoms. The van der Waals surface area contributed by atoms with Gasteiger partial charge >= 0.3 is 5.97 Å². The molecule has 1 heterocycles. The maximum atomic E-state index is 11.7. The van der Waals surface area contributed by atoms with Crippen molar-refractivity contribution in [2.24, 2.45) is 11.8 Å². The quantitative estimate of drug-likeness (QED) is 0.868. The summed E-state index contributed by atoms with van der Waals surface area (Å²) in [5.74, 6) is -1.85. The van der Waals surface area contributed by atoms with Crippen LogP contribution in [0.1, 0.15) is 37.9 Å². The second-order valence-corrected chi connectivity index (χ2v) is 7.15. The van der Waals surface area contributed by atoms with Gasteiger partial charge in [0.25, 0.3) is 0 Å². The molecule has 5 nitrogen and oxygen atoms in total. The summed E-state index contributed by atoms with van der Waals surface area (Å²) >= 11 is 1.60. The molecule has 2 N–H and O–H groups in total. The van der Waals surface area contributed by atoms with Gasteiger partial charge in [0.05, 0.1) is 22.5 Å². The average molecular weight is 296 g/mol. The number of hydrogen-bond acceptors (Lipinski definition) is 4. The molecular formula is C14H20N2O3S. The maximum absolute atomic E-state index is 11.7. The zero-order valence-electron chi connectivity index (χ0n) is 12.0. The number of hydrogen-bond donors (Lipinski definition) is 2. The van der Waals surface area contributed by atoms with Gasteiger partial charge in [0, 0.05) is 23.8 Å². The van der Waals surface area contributed by atoms with E-state index in [1.54, 1.807) is 11.3 Å². The minimum Gasteiger partial charge on any atom is -0.481 e. The zero-order chi connectivity index (χ0) is 14.9. The smallest absolute Gasteiger partial charge is 0.307 e. The van der Waals surface area contributed by atoms with E-state index in [1.165, 1.54) is 0 Å². The van der Waals surface area contributed by atoms with E-state index >= 15 is 0 Å². The summed E-state index contributed by atoms with van der Waals surface area (Å²) in [5.41, 5.74) is 1.11. The van der Waals surface area contributed by atoms with Crippen LogP contribution in [0.15, 0.2) is 5.38 Å². The predicted octanol–water partition coefficient (Wildman–Crippen LogP) is 1.82. The van der Waals surface area contributed by atoms with Crippen molar-refractivity contribution in [1.29, 1.82) is 0 Å².